The molecule has 110 valence electrons. The highest BCUT2D eigenvalue weighted by atomic mass is 16.5. The molecule has 2 rings (SSSR count). The normalized spacial score (nSPS) is 10.8. The molecule has 21 heavy (non-hydrogen) atoms. The van der Waals surface area contributed by atoms with E-state index in [2.05, 4.69) is 10.2 Å². The lowest BCUT2D eigenvalue weighted by Crippen LogP contribution is -1.94. The van der Waals surface area contributed by atoms with E-state index in [9.17, 15) is 5.11 Å². The van der Waals surface area contributed by atoms with Gasteiger partial charge in [0.05, 0.1) is 13.7 Å². The number of phenols is 1. The summed E-state index contributed by atoms with van der Waals surface area (Å²) in [6.07, 6.45) is 0.919. The number of aromatic hydroxyl groups is 1. The third-order valence-corrected chi connectivity index (χ3v) is 2.77. The molecule has 2 aromatic rings. The van der Waals surface area contributed by atoms with Gasteiger partial charge >= 0.3 is 0 Å². The molecule has 0 fully saturated rings. The van der Waals surface area contributed by atoms with E-state index >= 15 is 0 Å². The minimum Gasteiger partial charge on any atom is -0.506 e. The molecular formula is C16H18N2O3. The van der Waals surface area contributed by atoms with Crippen molar-refractivity contribution in [1.29, 1.82) is 0 Å². The number of methoxy groups -OCH3 is 1. The Hall–Kier alpha value is -2.56. The summed E-state index contributed by atoms with van der Waals surface area (Å²) in [6.45, 7) is 2.66. The Morgan fingerprint density at radius 2 is 1.81 bits per heavy atom. The SMILES string of the molecule is CCCOc1ccccc1N=Nc1cc(OC)ccc1O. The van der Waals surface area contributed by atoms with Gasteiger partial charge in [0.1, 0.15) is 28.6 Å². The van der Waals surface area contributed by atoms with Crippen LogP contribution in [0.1, 0.15) is 13.3 Å². The van der Waals surface area contributed by atoms with Gasteiger partial charge in [-0.15, -0.1) is 10.2 Å². The molecule has 1 N–H and O–H groups in total. The van der Waals surface area contributed by atoms with Crippen molar-refractivity contribution in [2.75, 3.05) is 13.7 Å². The summed E-state index contributed by atoms with van der Waals surface area (Å²) in [6, 6.07) is 12.2. The van der Waals surface area contributed by atoms with Crippen LogP contribution in [-0.4, -0.2) is 18.8 Å². The van der Waals surface area contributed by atoms with Gasteiger partial charge in [-0.25, -0.2) is 0 Å². The Morgan fingerprint density at radius 3 is 2.57 bits per heavy atom. The molecule has 0 atom stereocenters. The van der Waals surface area contributed by atoms with Crippen LogP contribution >= 0.6 is 0 Å². The Labute approximate surface area is 123 Å². The largest absolute Gasteiger partial charge is 0.506 e. The molecule has 0 aromatic heterocycles. The van der Waals surface area contributed by atoms with Crippen LogP contribution in [0.15, 0.2) is 52.7 Å². The monoisotopic (exact) mass is 286 g/mol. The van der Waals surface area contributed by atoms with Gasteiger partial charge in [-0.2, -0.15) is 0 Å². The number of para-hydroxylation sites is 1. The van der Waals surface area contributed by atoms with E-state index in [1.807, 2.05) is 31.2 Å². The average molecular weight is 286 g/mol. The van der Waals surface area contributed by atoms with Crippen molar-refractivity contribution >= 4 is 11.4 Å². The standard InChI is InChI=1S/C16H18N2O3/c1-3-10-21-16-7-5-4-6-13(16)17-18-14-11-12(20-2)8-9-15(14)19/h4-9,11,19H,3,10H2,1-2H3. The summed E-state index contributed by atoms with van der Waals surface area (Å²) in [5.74, 6) is 1.33. The fraction of sp³-hybridized carbons (Fsp3) is 0.250. The molecule has 0 bridgehead atoms. The summed E-state index contributed by atoms with van der Waals surface area (Å²) < 4.78 is 10.7. The number of rotatable bonds is 6. The Kier molecular flexibility index (Phi) is 5.15. The average Bonchev–Trinajstić information content (AvgIpc) is 2.53. The Bertz CT molecular complexity index is 627. The molecule has 0 heterocycles. The minimum absolute atomic E-state index is 0.0477. The molecule has 2 aromatic carbocycles. The van der Waals surface area contributed by atoms with E-state index in [1.54, 1.807) is 19.2 Å². The lowest BCUT2D eigenvalue weighted by atomic mass is 10.3. The third kappa shape index (κ3) is 3.95. The van der Waals surface area contributed by atoms with Crippen LogP contribution in [-0.2, 0) is 0 Å². The smallest absolute Gasteiger partial charge is 0.146 e. The van der Waals surface area contributed by atoms with Gasteiger partial charge in [-0.1, -0.05) is 19.1 Å². The van der Waals surface area contributed by atoms with Crippen LogP contribution in [0.25, 0.3) is 0 Å². The first kappa shape index (κ1) is 14.8. The Morgan fingerprint density at radius 1 is 1.05 bits per heavy atom. The van der Waals surface area contributed by atoms with Gasteiger partial charge in [0.25, 0.3) is 0 Å². The minimum atomic E-state index is 0.0477. The second kappa shape index (κ2) is 7.28. The van der Waals surface area contributed by atoms with Crippen LogP contribution in [0.3, 0.4) is 0 Å². The lowest BCUT2D eigenvalue weighted by molar-refractivity contribution is 0.318. The van der Waals surface area contributed by atoms with E-state index in [0.29, 0.717) is 29.5 Å². The van der Waals surface area contributed by atoms with Gasteiger partial charge in [-0.3, -0.25) is 0 Å². The number of azo groups is 1. The number of benzene rings is 2. The zero-order valence-corrected chi connectivity index (χ0v) is 12.1. The highest BCUT2D eigenvalue weighted by Crippen LogP contribution is 2.34. The van der Waals surface area contributed by atoms with E-state index in [0.717, 1.165) is 6.42 Å². The zero-order valence-electron chi connectivity index (χ0n) is 12.1. The van der Waals surface area contributed by atoms with E-state index < -0.39 is 0 Å². The highest BCUT2D eigenvalue weighted by Gasteiger charge is 2.04. The first-order valence-corrected chi connectivity index (χ1v) is 6.75. The number of hydrogen-bond acceptors (Lipinski definition) is 5. The number of phenolic OH excluding ortho intramolecular Hbond substituents is 1. The van der Waals surface area contributed by atoms with Crippen molar-refractivity contribution in [2.24, 2.45) is 10.2 Å². The second-order valence-electron chi connectivity index (χ2n) is 4.37. The van der Waals surface area contributed by atoms with Crippen LogP contribution in [0, 0.1) is 0 Å². The molecule has 0 amide bonds. The maximum Gasteiger partial charge on any atom is 0.146 e. The topological polar surface area (TPSA) is 63.4 Å². The summed E-state index contributed by atoms with van der Waals surface area (Å²) in [5, 5.41) is 18.0. The molecule has 5 nitrogen and oxygen atoms in total. The second-order valence-corrected chi connectivity index (χ2v) is 4.37. The van der Waals surface area contributed by atoms with Crippen molar-refractivity contribution in [3.8, 4) is 17.2 Å². The van der Waals surface area contributed by atoms with Gasteiger partial charge < -0.3 is 14.6 Å². The molecule has 0 spiro atoms. The van der Waals surface area contributed by atoms with Crippen LogP contribution in [0.2, 0.25) is 0 Å². The molecule has 0 aliphatic heterocycles. The van der Waals surface area contributed by atoms with Crippen molar-refractivity contribution < 1.29 is 14.6 Å². The summed E-state index contributed by atoms with van der Waals surface area (Å²) >= 11 is 0. The van der Waals surface area contributed by atoms with Crippen LogP contribution in [0.4, 0.5) is 11.4 Å². The Balaban J connectivity index is 2.25. The first-order chi connectivity index (χ1) is 10.2. The van der Waals surface area contributed by atoms with E-state index in [1.165, 1.54) is 6.07 Å². The van der Waals surface area contributed by atoms with Crippen LogP contribution in [0.5, 0.6) is 17.2 Å². The summed E-state index contributed by atoms with van der Waals surface area (Å²) in [7, 11) is 1.56. The van der Waals surface area contributed by atoms with Crippen molar-refractivity contribution in [3.05, 3.63) is 42.5 Å². The number of hydrogen-bond donors (Lipinski definition) is 1. The van der Waals surface area contributed by atoms with Crippen LogP contribution < -0.4 is 9.47 Å². The van der Waals surface area contributed by atoms with Crippen molar-refractivity contribution in [3.63, 3.8) is 0 Å². The molecule has 0 saturated carbocycles. The van der Waals surface area contributed by atoms with Gasteiger partial charge in [0.2, 0.25) is 0 Å². The van der Waals surface area contributed by atoms with E-state index in [4.69, 9.17) is 9.47 Å². The third-order valence-electron chi connectivity index (χ3n) is 2.77. The molecule has 0 saturated heterocycles. The molecule has 0 aliphatic carbocycles. The molecule has 5 heteroatoms. The van der Waals surface area contributed by atoms with Gasteiger partial charge in [0, 0.05) is 6.07 Å². The van der Waals surface area contributed by atoms with Gasteiger partial charge in [0.15, 0.2) is 0 Å². The van der Waals surface area contributed by atoms with Crippen molar-refractivity contribution in [2.45, 2.75) is 13.3 Å². The van der Waals surface area contributed by atoms with E-state index in [-0.39, 0.29) is 5.75 Å². The first-order valence-electron chi connectivity index (χ1n) is 6.75. The fourth-order valence-electron chi connectivity index (χ4n) is 1.69. The molecule has 0 aliphatic rings. The predicted octanol–water partition coefficient (Wildman–Crippen LogP) is 4.61. The maximum atomic E-state index is 9.78. The molecule has 0 unspecified atom stereocenters. The molecular weight excluding hydrogens is 268 g/mol. The number of nitrogens with zero attached hydrogens (tertiary/aromatic N) is 2. The maximum absolute atomic E-state index is 9.78. The van der Waals surface area contributed by atoms with Gasteiger partial charge in [-0.05, 0) is 30.7 Å². The summed E-state index contributed by atoms with van der Waals surface area (Å²) in [5.41, 5.74) is 0.966. The van der Waals surface area contributed by atoms with Crippen molar-refractivity contribution in [1.82, 2.24) is 0 Å². The summed E-state index contributed by atoms with van der Waals surface area (Å²) in [4.78, 5) is 0. The quantitative estimate of drug-likeness (QED) is 0.789. The molecule has 0 radical (unpaired) electrons. The predicted molar refractivity (Wildman–Crippen MR) is 81.1 cm³/mol. The highest BCUT2D eigenvalue weighted by molar-refractivity contribution is 5.56. The number of ether oxygens (including phenoxy) is 2. The lowest BCUT2D eigenvalue weighted by Gasteiger charge is -2.06. The zero-order chi connectivity index (χ0) is 15.1. The fourth-order valence-corrected chi connectivity index (χ4v) is 1.69.